The van der Waals surface area contributed by atoms with E-state index in [1.54, 1.807) is 19.1 Å². The molecule has 1 aromatic rings. The van der Waals surface area contributed by atoms with Gasteiger partial charge in [-0.25, -0.2) is 8.42 Å². The fraction of sp³-hybridized carbons (Fsp3) is 0.500. The predicted molar refractivity (Wildman–Crippen MR) is 69.6 cm³/mol. The van der Waals surface area contributed by atoms with E-state index in [2.05, 4.69) is 0 Å². The summed E-state index contributed by atoms with van der Waals surface area (Å²) in [5.74, 6) is 0. The van der Waals surface area contributed by atoms with Crippen molar-refractivity contribution in [2.75, 3.05) is 18.8 Å². The van der Waals surface area contributed by atoms with Gasteiger partial charge in [0.2, 0.25) is 10.0 Å². The molecule has 0 saturated carbocycles. The smallest absolute Gasteiger partial charge is 0.243 e. The topological polar surface area (TPSA) is 83.6 Å². The number of nitrogen functional groups attached to an aromatic ring is 1. The quantitative estimate of drug-likeness (QED) is 0.776. The van der Waals surface area contributed by atoms with Crippen molar-refractivity contribution in [2.24, 2.45) is 0 Å². The number of anilines is 1. The van der Waals surface area contributed by atoms with Crippen molar-refractivity contribution in [3.8, 4) is 0 Å². The van der Waals surface area contributed by atoms with Crippen molar-refractivity contribution in [1.82, 2.24) is 4.31 Å². The van der Waals surface area contributed by atoms with Crippen molar-refractivity contribution in [2.45, 2.75) is 30.8 Å². The van der Waals surface area contributed by atoms with E-state index in [0.29, 0.717) is 37.2 Å². The van der Waals surface area contributed by atoms with E-state index < -0.39 is 16.1 Å². The number of rotatable bonds is 2. The number of nitrogens with zero attached hydrogens (tertiary/aromatic N) is 1. The van der Waals surface area contributed by atoms with E-state index in [1.165, 1.54) is 10.4 Å². The highest BCUT2D eigenvalue weighted by molar-refractivity contribution is 7.89. The van der Waals surface area contributed by atoms with Crippen LogP contribution >= 0.6 is 0 Å². The summed E-state index contributed by atoms with van der Waals surface area (Å²) in [5, 5.41) is 9.42. The van der Waals surface area contributed by atoms with Crippen LogP contribution in [-0.4, -0.2) is 37.0 Å². The average Bonchev–Trinajstić information content (AvgIpc) is 2.32. The van der Waals surface area contributed by atoms with Crippen molar-refractivity contribution < 1.29 is 13.5 Å². The van der Waals surface area contributed by atoms with Gasteiger partial charge < -0.3 is 10.8 Å². The summed E-state index contributed by atoms with van der Waals surface area (Å²) in [6.45, 7) is 2.47. The average molecular weight is 270 g/mol. The van der Waals surface area contributed by atoms with Gasteiger partial charge in [-0.05, 0) is 37.5 Å². The minimum atomic E-state index is -3.50. The van der Waals surface area contributed by atoms with Crippen molar-refractivity contribution in [1.29, 1.82) is 0 Å². The van der Waals surface area contributed by atoms with Crippen LogP contribution in [0.3, 0.4) is 0 Å². The molecule has 100 valence electrons. The molecule has 1 saturated heterocycles. The Labute approximate surface area is 107 Å². The fourth-order valence-corrected chi connectivity index (χ4v) is 3.85. The molecule has 1 aliphatic heterocycles. The standard InChI is InChI=1S/C12H18N2O3S/c1-9-2-3-10(13)8-12(9)18(16,17)14-6-4-11(15)5-7-14/h2-3,8,11,15H,4-7,13H2,1H3. The summed E-state index contributed by atoms with van der Waals surface area (Å²) in [5.41, 5.74) is 6.78. The van der Waals surface area contributed by atoms with Crippen LogP contribution in [0, 0.1) is 6.92 Å². The monoisotopic (exact) mass is 270 g/mol. The SMILES string of the molecule is Cc1ccc(N)cc1S(=O)(=O)N1CCC(O)CC1. The van der Waals surface area contributed by atoms with Gasteiger partial charge in [-0.3, -0.25) is 0 Å². The maximum atomic E-state index is 12.5. The second-order valence-corrected chi connectivity index (χ2v) is 6.57. The molecular formula is C12H18N2O3S. The largest absolute Gasteiger partial charge is 0.399 e. The van der Waals surface area contributed by atoms with Crippen molar-refractivity contribution in [3.05, 3.63) is 23.8 Å². The third-order valence-electron chi connectivity index (χ3n) is 3.25. The maximum absolute atomic E-state index is 12.5. The highest BCUT2D eigenvalue weighted by Gasteiger charge is 2.29. The first kappa shape index (κ1) is 13.3. The van der Waals surface area contributed by atoms with Crippen LogP contribution < -0.4 is 5.73 Å². The highest BCUT2D eigenvalue weighted by Crippen LogP contribution is 2.24. The number of benzene rings is 1. The minimum Gasteiger partial charge on any atom is -0.399 e. The number of hydrogen-bond acceptors (Lipinski definition) is 4. The molecule has 0 aliphatic carbocycles. The third-order valence-corrected chi connectivity index (χ3v) is 5.29. The lowest BCUT2D eigenvalue weighted by atomic mass is 10.1. The molecule has 0 unspecified atom stereocenters. The molecule has 0 amide bonds. The van der Waals surface area contributed by atoms with Gasteiger partial charge in [-0.15, -0.1) is 0 Å². The lowest BCUT2D eigenvalue weighted by Crippen LogP contribution is -2.40. The summed E-state index contributed by atoms with van der Waals surface area (Å²) >= 11 is 0. The Morgan fingerprint density at radius 1 is 1.33 bits per heavy atom. The molecule has 1 aromatic carbocycles. The summed E-state index contributed by atoms with van der Waals surface area (Å²) in [4.78, 5) is 0.263. The number of hydrogen-bond donors (Lipinski definition) is 2. The first-order valence-electron chi connectivity index (χ1n) is 5.95. The Kier molecular flexibility index (Phi) is 3.61. The first-order chi connectivity index (χ1) is 8.41. The van der Waals surface area contributed by atoms with E-state index in [1.807, 2.05) is 0 Å². The molecule has 18 heavy (non-hydrogen) atoms. The minimum absolute atomic E-state index is 0.263. The molecule has 0 bridgehead atoms. The van der Waals surface area contributed by atoms with E-state index in [4.69, 9.17) is 5.73 Å². The van der Waals surface area contributed by atoms with Crippen LogP contribution in [0.5, 0.6) is 0 Å². The van der Waals surface area contributed by atoms with E-state index in [0.717, 1.165) is 0 Å². The molecule has 2 rings (SSSR count). The number of nitrogens with two attached hydrogens (primary N) is 1. The molecule has 1 aliphatic rings. The molecule has 0 radical (unpaired) electrons. The predicted octanol–water partition coefficient (Wildman–Crippen LogP) is 0.723. The Morgan fingerprint density at radius 3 is 2.56 bits per heavy atom. The van der Waals surface area contributed by atoms with Gasteiger partial charge >= 0.3 is 0 Å². The van der Waals surface area contributed by atoms with Crippen molar-refractivity contribution >= 4 is 15.7 Å². The molecule has 1 fully saturated rings. The zero-order chi connectivity index (χ0) is 13.3. The van der Waals surface area contributed by atoms with E-state index in [-0.39, 0.29) is 4.90 Å². The normalized spacial score (nSPS) is 19.0. The van der Waals surface area contributed by atoms with Gasteiger partial charge in [0.25, 0.3) is 0 Å². The van der Waals surface area contributed by atoms with Gasteiger partial charge in [-0.2, -0.15) is 4.31 Å². The zero-order valence-corrected chi connectivity index (χ0v) is 11.2. The molecule has 0 spiro atoms. The number of piperidine rings is 1. The second-order valence-electron chi connectivity index (χ2n) is 4.66. The van der Waals surface area contributed by atoms with Crippen LogP contribution in [0.4, 0.5) is 5.69 Å². The van der Waals surface area contributed by atoms with Crippen LogP contribution in [0.2, 0.25) is 0 Å². The summed E-state index contributed by atoms with van der Waals surface area (Å²) in [6.07, 6.45) is 0.583. The van der Waals surface area contributed by atoms with Gasteiger partial charge in [0.1, 0.15) is 0 Å². The zero-order valence-electron chi connectivity index (χ0n) is 10.3. The summed E-state index contributed by atoms with van der Waals surface area (Å²) in [6, 6.07) is 4.89. The Bertz CT molecular complexity index is 534. The fourth-order valence-electron chi connectivity index (χ4n) is 2.12. The van der Waals surface area contributed by atoms with Gasteiger partial charge in [0, 0.05) is 18.8 Å². The lowest BCUT2D eigenvalue weighted by Gasteiger charge is -2.29. The van der Waals surface area contributed by atoms with Gasteiger partial charge in [0.05, 0.1) is 11.0 Å². The first-order valence-corrected chi connectivity index (χ1v) is 7.39. The van der Waals surface area contributed by atoms with E-state index in [9.17, 15) is 13.5 Å². The number of sulfonamides is 1. The highest BCUT2D eigenvalue weighted by atomic mass is 32.2. The number of aryl methyl sites for hydroxylation is 1. The van der Waals surface area contributed by atoms with Crippen molar-refractivity contribution in [3.63, 3.8) is 0 Å². The molecular weight excluding hydrogens is 252 g/mol. The maximum Gasteiger partial charge on any atom is 0.243 e. The third kappa shape index (κ3) is 2.50. The summed E-state index contributed by atoms with van der Waals surface area (Å²) < 4.78 is 26.3. The Morgan fingerprint density at radius 2 is 1.94 bits per heavy atom. The van der Waals surface area contributed by atoms with Gasteiger partial charge in [0.15, 0.2) is 0 Å². The molecule has 0 aromatic heterocycles. The second kappa shape index (κ2) is 4.87. The molecule has 0 atom stereocenters. The number of aliphatic hydroxyl groups is 1. The molecule has 6 heteroatoms. The Hall–Kier alpha value is -1.11. The summed E-state index contributed by atoms with van der Waals surface area (Å²) in [7, 11) is -3.50. The molecule has 1 heterocycles. The van der Waals surface area contributed by atoms with Crippen LogP contribution in [0.25, 0.3) is 0 Å². The van der Waals surface area contributed by atoms with E-state index >= 15 is 0 Å². The Balaban J connectivity index is 2.33. The molecule has 5 nitrogen and oxygen atoms in total. The van der Waals surface area contributed by atoms with Crippen LogP contribution in [-0.2, 0) is 10.0 Å². The number of aliphatic hydroxyl groups excluding tert-OH is 1. The van der Waals surface area contributed by atoms with Gasteiger partial charge in [-0.1, -0.05) is 6.07 Å². The van der Waals surface area contributed by atoms with Crippen LogP contribution in [0.1, 0.15) is 18.4 Å². The van der Waals surface area contributed by atoms with Crippen LogP contribution in [0.15, 0.2) is 23.1 Å². The lowest BCUT2D eigenvalue weighted by molar-refractivity contribution is 0.113. The molecule has 3 N–H and O–H groups in total.